The van der Waals surface area contributed by atoms with Gasteiger partial charge in [0.25, 0.3) is 0 Å². The average Bonchev–Trinajstić information content (AvgIpc) is 2.68. The molecule has 0 radical (unpaired) electrons. The summed E-state index contributed by atoms with van der Waals surface area (Å²) < 4.78 is 16.4. The Balaban J connectivity index is 0.00000392. The molecule has 0 amide bonds. The molecule has 0 aromatic heterocycles. The van der Waals surface area contributed by atoms with Gasteiger partial charge in [0.1, 0.15) is 23.4 Å². The van der Waals surface area contributed by atoms with Gasteiger partial charge in [-0.3, -0.25) is 4.99 Å². The number of hydrogen-bond acceptors (Lipinski definition) is 4. The van der Waals surface area contributed by atoms with E-state index in [1.54, 1.807) is 21.3 Å². The van der Waals surface area contributed by atoms with Crippen molar-refractivity contribution in [1.82, 2.24) is 10.6 Å². The summed E-state index contributed by atoms with van der Waals surface area (Å²) in [6.07, 6.45) is -0.0288. The molecule has 6 nitrogen and oxygen atoms in total. The average molecular weight is 499 g/mol. The van der Waals surface area contributed by atoms with Crippen molar-refractivity contribution in [3.8, 4) is 17.2 Å². The molecule has 1 unspecified atom stereocenters. The molecule has 0 aliphatic rings. The third-order valence-electron chi connectivity index (χ3n) is 4.08. The molecule has 2 aromatic carbocycles. The Morgan fingerprint density at radius 2 is 1.79 bits per heavy atom. The Labute approximate surface area is 184 Å². The van der Waals surface area contributed by atoms with E-state index in [0.29, 0.717) is 13.1 Å². The van der Waals surface area contributed by atoms with Crippen molar-refractivity contribution in [3.63, 3.8) is 0 Å². The number of halogens is 1. The molecule has 0 spiro atoms. The van der Waals surface area contributed by atoms with Gasteiger partial charge in [-0.2, -0.15) is 0 Å². The molecule has 0 heterocycles. The van der Waals surface area contributed by atoms with Crippen LogP contribution in [0.2, 0.25) is 0 Å². The molecule has 1 atom stereocenters. The van der Waals surface area contributed by atoms with E-state index in [4.69, 9.17) is 14.2 Å². The van der Waals surface area contributed by atoms with Crippen LogP contribution in [0.25, 0.3) is 0 Å². The highest BCUT2D eigenvalue weighted by Gasteiger charge is 2.07. The van der Waals surface area contributed by atoms with Crippen molar-refractivity contribution in [2.45, 2.75) is 26.5 Å². The fourth-order valence-electron chi connectivity index (χ4n) is 2.65. The number of guanidine groups is 1. The number of ether oxygens (including phenoxy) is 3. The van der Waals surface area contributed by atoms with Crippen molar-refractivity contribution >= 4 is 29.9 Å². The summed E-state index contributed by atoms with van der Waals surface area (Å²) in [6.45, 7) is 5.34. The van der Waals surface area contributed by atoms with Crippen molar-refractivity contribution in [2.75, 3.05) is 27.8 Å². The van der Waals surface area contributed by atoms with E-state index in [2.05, 4.69) is 21.7 Å². The van der Waals surface area contributed by atoms with Crippen molar-refractivity contribution < 1.29 is 14.2 Å². The van der Waals surface area contributed by atoms with Crippen LogP contribution in [-0.4, -0.2) is 39.9 Å². The van der Waals surface area contributed by atoms with Gasteiger partial charge in [0, 0.05) is 19.7 Å². The first-order valence-electron chi connectivity index (χ1n) is 8.94. The largest absolute Gasteiger partial charge is 0.497 e. The molecule has 0 fully saturated rings. The van der Waals surface area contributed by atoms with Gasteiger partial charge in [0.05, 0.1) is 20.8 Å². The zero-order valence-corrected chi connectivity index (χ0v) is 19.4. The van der Waals surface area contributed by atoms with Crippen molar-refractivity contribution in [3.05, 3.63) is 53.6 Å². The molecule has 2 aromatic rings. The van der Waals surface area contributed by atoms with Gasteiger partial charge in [-0.25, -0.2) is 0 Å². The number of aryl methyl sites for hydroxylation is 1. The lowest BCUT2D eigenvalue weighted by Gasteiger charge is -2.18. The zero-order valence-electron chi connectivity index (χ0n) is 17.1. The van der Waals surface area contributed by atoms with Gasteiger partial charge in [-0.05, 0) is 43.2 Å². The lowest BCUT2D eigenvalue weighted by atomic mass is 10.1. The second kappa shape index (κ2) is 12.3. The minimum Gasteiger partial charge on any atom is -0.497 e. The number of benzene rings is 2. The number of methoxy groups -OCH3 is 2. The number of nitrogens with one attached hydrogen (secondary N) is 2. The van der Waals surface area contributed by atoms with Crippen LogP contribution in [0, 0.1) is 6.92 Å². The Hall–Kier alpha value is -2.16. The first kappa shape index (κ1) is 23.9. The standard InChI is InChI=1S/C21H29N3O3.HI/c1-15-11-17(9-10-20(15)26-5)14-24-21(22-3)23-13-16(2)27-19-8-6-7-18(12-19)25-4;/h6-12,16H,13-14H2,1-5H3,(H2,22,23,24);1H. The molecule has 0 aliphatic carbocycles. The lowest BCUT2D eigenvalue weighted by molar-refractivity contribution is 0.223. The van der Waals surface area contributed by atoms with Gasteiger partial charge in [-0.15, -0.1) is 24.0 Å². The maximum atomic E-state index is 5.92. The summed E-state index contributed by atoms with van der Waals surface area (Å²) in [7, 11) is 5.08. The van der Waals surface area contributed by atoms with Crippen molar-refractivity contribution in [1.29, 1.82) is 0 Å². The van der Waals surface area contributed by atoms with E-state index >= 15 is 0 Å². The van der Waals surface area contributed by atoms with Gasteiger partial charge in [0.2, 0.25) is 0 Å². The molecule has 0 bridgehead atoms. The maximum Gasteiger partial charge on any atom is 0.191 e. The lowest BCUT2D eigenvalue weighted by Crippen LogP contribution is -2.41. The monoisotopic (exact) mass is 499 g/mol. The molecule has 28 heavy (non-hydrogen) atoms. The normalized spacial score (nSPS) is 11.8. The predicted octanol–water partition coefficient (Wildman–Crippen LogP) is 3.76. The van der Waals surface area contributed by atoms with Gasteiger partial charge in [-0.1, -0.05) is 18.2 Å². The van der Waals surface area contributed by atoms with Crippen molar-refractivity contribution in [2.24, 2.45) is 4.99 Å². The van der Waals surface area contributed by atoms with Crippen LogP contribution < -0.4 is 24.8 Å². The topological polar surface area (TPSA) is 64.1 Å². The van der Waals surface area contributed by atoms with E-state index in [0.717, 1.165) is 34.3 Å². The highest BCUT2D eigenvalue weighted by Crippen LogP contribution is 2.20. The number of aliphatic imine (C=N–C) groups is 1. The van der Waals surface area contributed by atoms with E-state index in [1.807, 2.05) is 50.2 Å². The molecule has 0 aliphatic heterocycles. The minimum absolute atomic E-state index is 0. The van der Waals surface area contributed by atoms with Crippen LogP contribution in [0.1, 0.15) is 18.1 Å². The second-order valence-corrected chi connectivity index (χ2v) is 6.22. The summed E-state index contributed by atoms with van der Waals surface area (Å²) in [5, 5.41) is 6.59. The van der Waals surface area contributed by atoms with Crippen LogP contribution in [0.15, 0.2) is 47.5 Å². The Morgan fingerprint density at radius 3 is 2.43 bits per heavy atom. The fraction of sp³-hybridized carbons (Fsp3) is 0.381. The van der Waals surface area contributed by atoms with E-state index < -0.39 is 0 Å². The van der Waals surface area contributed by atoms with Crippen LogP contribution in [0.3, 0.4) is 0 Å². The molecular formula is C21H30IN3O3. The Kier molecular flexibility index (Phi) is 10.5. The quantitative estimate of drug-likeness (QED) is 0.329. The molecule has 0 saturated heterocycles. The first-order valence-corrected chi connectivity index (χ1v) is 8.94. The summed E-state index contributed by atoms with van der Waals surface area (Å²) >= 11 is 0. The second-order valence-electron chi connectivity index (χ2n) is 6.22. The van der Waals surface area contributed by atoms with Crippen LogP contribution in [0.4, 0.5) is 0 Å². The fourth-order valence-corrected chi connectivity index (χ4v) is 2.65. The first-order chi connectivity index (χ1) is 13.0. The molecule has 154 valence electrons. The molecule has 2 N–H and O–H groups in total. The number of nitrogens with zero attached hydrogens (tertiary/aromatic N) is 1. The summed E-state index contributed by atoms with van der Waals surface area (Å²) in [5.74, 6) is 3.18. The van der Waals surface area contributed by atoms with Gasteiger partial charge in [0.15, 0.2) is 5.96 Å². The number of rotatable bonds is 8. The van der Waals surface area contributed by atoms with Gasteiger partial charge < -0.3 is 24.8 Å². The van der Waals surface area contributed by atoms with Crippen LogP contribution in [-0.2, 0) is 6.54 Å². The predicted molar refractivity (Wildman–Crippen MR) is 124 cm³/mol. The Morgan fingerprint density at radius 1 is 1.04 bits per heavy atom. The minimum atomic E-state index is -0.0288. The molecule has 7 heteroatoms. The number of hydrogen-bond donors (Lipinski definition) is 2. The third-order valence-corrected chi connectivity index (χ3v) is 4.08. The Bertz CT molecular complexity index is 768. The highest BCUT2D eigenvalue weighted by atomic mass is 127. The maximum absolute atomic E-state index is 5.92. The summed E-state index contributed by atoms with van der Waals surface area (Å²) in [6, 6.07) is 13.7. The zero-order chi connectivity index (χ0) is 19.6. The van der Waals surface area contributed by atoms with Gasteiger partial charge >= 0.3 is 0 Å². The van der Waals surface area contributed by atoms with E-state index in [1.165, 1.54) is 0 Å². The SMILES string of the molecule is CN=C(NCc1ccc(OC)c(C)c1)NCC(C)Oc1cccc(OC)c1.I. The smallest absolute Gasteiger partial charge is 0.191 e. The van der Waals surface area contributed by atoms with Crippen LogP contribution in [0.5, 0.6) is 17.2 Å². The summed E-state index contributed by atoms with van der Waals surface area (Å²) in [4.78, 5) is 4.26. The molecular weight excluding hydrogens is 469 g/mol. The van der Waals surface area contributed by atoms with Crippen LogP contribution >= 0.6 is 24.0 Å². The highest BCUT2D eigenvalue weighted by molar-refractivity contribution is 14.0. The third kappa shape index (κ3) is 7.46. The molecule has 0 saturated carbocycles. The van der Waals surface area contributed by atoms with E-state index in [-0.39, 0.29) is 30.1 Å². The molecule has 2 rings (SSSR count). The summed E-state index contributed by atoms with van der Waals surface area (Å²) in [5.41, 5.74) is 2.27. The van der Waals surface area contributed by atoms with E-state index in [9.17, 15) is 0 Å².